The van der Waals surface area contributed by atoms with Gasteiger partial charge >= 0.3 is 0 Å². The minimum atomic E-state index is -0.399. The van der Waals surface area contributed by atoms with Gasteiger partial charge in [0.05, 0.1) is 19.3 Å². The van der Waals surface area contributed by atoms with Crippen molar-refractivity contribution in [3.63, 3.8) is 0 Å². The summed E-state index contributed by atoms with van der Waals surface area (Å²) < 4.78 is 4.84. The van der Waals surface area contributed by atoms with Crippen LogP contribution in [0, 0.1) is 0 Å². The molecule has 15 heavy (non-hydrogen) atoms. The van der Waals surface area contributed by atoms with Gasteiger partial charge in [-0.25, -0.2) is 0 Å². The molecule has 2 N–H and O–H groups in total. The molecule has 82 valence electrons. The lowest BCUT2D eigenvalue weighted by Gasteiger charge is -2.14. The molecular formula is C10H14N2O3. The molecule has 0 saturated carbocycles. The van der Waals surface area contributed by atoms with Gasteiger partial charge in [0, 0.05) is 13.3 Å². The van der Waals surface area contributed by atoms with E-state index in [1.807, 2.05) is 0 Å². The lowest BCUT2D eigenvalue weighted by molar-refractivity contribution is 0.0835. The van der Waals surface area contributed by atoms with Crippen molar-refractivity contribution in [3.05, 3.63) is 30.1 Å². The van der Waals surface area contributed by atoms with E-state index in [-0.39, 0.29) is 19.1 Å². The molecule has 0 fully saturated rings. The highest BCUT2D eigenvalue weighted by Crippen LogP contribution is 1.94. The van der Waals surface area contributed by atoms with Gasteiger partial charge in [0.1, 0.15) is 5.69 Å². The number of aromatic nitrogens is 1. The van der Waals surface area contributed by atoms with Crippen LogP contribution >= 0.6 is 0 Å². The van der Waals surface area contributed by atoms with E-state index in [1.165, 1.54) is 7.11 Å². The fraction of sp³-hybridized carbons (Fsp3) is 0.400. The number of nitrogens with zero attached hydrogens (tertiary/aromatic N) is 1. The predicted molar refractivity (Wildman–Crippen MR) is 54.5 cm³/mol. The first-order valence-corrected chi connectivity index (χ1v) is 4.59. The molecule has 1 aromatic heterocycles. The van der Waals surface area contributed by atoms with Crippen LogP contribution in [-0.4, -0.2) is 42.4 Å². The first-order chi connectivity index (χ1) is 7.27. The normalized spacial score (nSPS) is 12.1. The number of carbonyl (C=O) groups excluding carboxylic acids is 1. The number of aliphatic hydroxyl groups excluding tert-OH is 1. The molecule has 1 heterocycles. The Balaban J connectivity index is 2.55. The van der Waals surface area contributed by atoms with Crippen LogP contribution in [0.1, 0.15) is 10.5 Å². The summed E-state index contributed by atoms with van der Waals surface area (Å²) in [5, 5.41) is 11.5. The highest BCUT2D eigenvalue weighted by molar-refractivity contribution is 5.92. The number of rotatable bonds is 5. The number of ether oxygens (including phenoxy) is 1. The Hall–Kier alpha value is -1.46. The third-order valence-corrected chi connectivity index (χ3v) is 1.82. The summed E-state index contributed by atoms with van der Waals surface area (Å²) in [4.78, 5) is 15.4. The molecule has 0 aromatic carbocycles. The van der Waals surface area contributed by atoms with Gasteiger partial charge in [-0.2, -0.15) is 0 Å². The fourth-order valence-electron chi connectivity index (χ4n) is 1.10. The van der Waals surface area contributed by atoms with E-state index in [1.54, 1.807) is 24.4 Å². The van der Waals surface area contributed by atoms with Gasteiger partial charge in [0.15, 0.2) is 0 Å². The molecule has 1 atom stereocenters. The first kappa shape index (κ1) is 11.6. The molecule has 5 heteroatoms. The summed E-state index contributed by atoms with van der Waals surface area (Å²) in [7, 11) is 1.51. The zero-order chi connectivity index (χ0) is 11.1. The van der Waals surface area contributed by atoms with E-state index < -0.39 is 6.04 Å². The van der Waals surface area contributed by atoms with Crippen molar-refractivity contribution in [1.29, 1.82) is 0 Å². The fourth-order valence-corrected chi connectivity index (χ4v) is 1.10. The van der Waals surface area contributed by atoms with Gasteiger partial charge in [0.2, 0.25) is 0 Å². The number of amides is 1. The van der Waals surface area contributed by atoms with Crippen LogP contribution in [0.2, 0.25) is 0 Å². The largest absolute Gasteiger partial charge is 0.394 e. The average Bonchev–Trinajstić information content (AvgIpc) is 2.29. The predicted octanol–water partition coefficient (Wildman–Crippen LogP) is -0.181. The van der Waals surface area contributed by atoms with Crippen LogP contribution in [0.5, 0.6) is 0 Å². The van der Waals surface area contributed by atoms with Gasteiger partial charge in [-0.3, -0.25) is 9.78 Å². The number of nitrogens with one attached hydrogen (secondary N) is 1. The SMILES string of the molecule is COCC(CO)NC(=O)c1ccccn1. The highest BCUT2D eigenvalue weighted by atomic mass is 16.5. The Labute approximate surface area is 88.1 Å². The molecule has 0 saturated heterocycles. The molecule has 0 spiro atoms. The third-order valence-electron chi connectivity index (χ3n) is 1.82. The van der Waals surface area contributed by atoms with E-state index in [0.717, 1.165) is 0 Å². The van der Waals surface area contributed by atoms with E-state index in [4.69, 9.17) is 9.84 Å². The number of pyridine rings is 1. The standard InChI is InChI=1S/C10H14N2O3/c1-15-7-8(6-13)12-10(14)9-4-2-3-5-11-9/h2-5,8,13H,6-7H2,1H3,(H,12,14). The minimum absolute atomic E-state index is 0.160. The Morgan fingerprint density at radius 2 is 2.47 bits per heavy atom. The summed E-state index contributed by atoms with van der Waals surface area (Å²) in [6.07, 6.45) is 1.54. The van der Waals surface area contributed by atoms with Gasteiger partial charge in [-0.15, -0.1) is 0 Å². The monoisotopic (exact) mass is 210 g/mol. The second-order valence-corrected chi connectivity index (χ2v) is 3.02. The smallest absolute Gasteiger partial charge is 0.270 e. The molecule has 1 rings (SSSR count). The van der Waals surface area contributed by atoms with Crippen LogP contribution < -0.4 is 5.32 Å². The number of aliphatic hydroxyl groups is 1. The summed E-state index contributed by atoms with van der Waals surface area (Å²) in [6.45, 7) is 0.113. The third kappa shape index (κ3) is 3.65. The maximum atomic E-state index is 11.5. The van der Waals surface area contributed by atoms with Crippen LogP contribution in [0.25, 0.3) is 0 Å². The van der Waals surface area contributed by atoms with E-state index in [9.17, 15) is 4.79 Å². The van der Waals surface area contributed by atoms with Crippen LogP contribution in [0.3, 0.4) is 0 Å². The molecule has 0 aliphatic rings. The van der Waals surface area contributed by atoms with Crippen molar-refractivity contribution in [2.24, 2.45) is 0 Å². The van der Waals surface area contributed by atoms with Gasteiger partial charge in [-0.1, -0.05) is 6.07 Å². The van der Waals surface area contributed by atoms with Crippen molar-refractivity contribution in [1.82, 2.24) is 10.3 Å². The van der Waals surface area contributed by atoms with Crippen molar-refractivity contribution >= 4 is 5.91 Å². The van der Waals surface area contributed by atoms with Gasteiger partial charge in [-0.05, 0) is 12.1 Å². The molecule has 0 aliphatic heterocycles. The Bertz CT molecular complexity index is 303. The summed E-state index contributed by atoms with van der Waals surface area (Å²) >= 11 is 0. The first-order valence-electron chi connectivity index (χ1n) is 4.59. The molecule has 0 aliphatic carbocycles. The lowest BCUT2D eigenvalue weighted by Crippen LogP contribution is -2.40. The molecular weight excluding hydrogens is 196 g/mol. The minimum Gasteiger partial charge on any atom is -0.394 e. The zero-order valence-electron chi connectivity index (χ0n) is 8.51. The Kier molecular flexibility index (Phi) is 4.73. The lowest BCUT2D eigenvalue weighted by atomic mass is 10.3. The quantitative estimate of drug-likeness (QED) is 0.707. The van der Waals surface area contributed by atoms with Crippen LogP contribution in [-0.2, 0) is 4.74 Å². The Morgan fingerprint density at radius 1 is 1.67 bits per heavy atom. The van der Waals surface area contributed by atoms with E-state index in [0.29, 0.717) is 5.69 Å². The highest BCUT2D eigenvalue weighted by Gasteiger charge is 2.12. The summed E-state index contributed by atoms with van der Waals surface area (Å²) in [6, 6.07) is 4.67. The second kappa shape index (κ2) is 6.10. The van der Waals surface area contributed by atoms with Crippen molar-refractivity contribution in [2.75, 3.05) is 20.3 Å². The van der Waals surface area contributed by atoms with Crippen LogP contribution in [0.15, 0.2) is 24.4 Å². The van der Waals surface area contributed by atoms with Crippen molar-refractivity contribution < 1.29 is 14.6 Å². The maximum absolute atomic E-state index is 11.5. The molecule has 1 amide bonds. The molecule has 1 unspecified atom stereocenters. The summed E-state index contributed by atoms with van der Waals surface area (Å²) in [5.41, 5.74) is 0.326. The molecule has 1 aromatic rings. The number of carbonyl (C=O) groups is 1. The second-order valence-electron chi connectivity index (χ2n) is 3.02. The van der Waals surface area contributed by atoms with E-state index in [2.05, 4.69) is 10.3 Å². The number of hydrogen-bond donors (Lipinski definition) is 2. The molecule has 5 nitrogen and oxygen atoms in total. The van der Waals surface area contributed by atoms with Gasteiger partial charge in [0.25, 0.3) is 5.91 Å². The average molecular weight is 210 g/mol. The molecule has 0 bridgehead atoms. The molecule has 0 radical (unpaired) electrons. The number of methoxy groups -OCH3 is 1. The van der Waals surface area contributed by atoms with Crippen molar-refractivity contribution in [3.8, 4) is 0 Å². The van der Waals surface area contributed by atoms with Crippen molar-refractivity contribution in [2.45, 2.75) is 6.04 Å². The Morgan fingerprint density at radius 3 is 3.00 bits per heavy atom. The van der Waals surface area contributed by atoms with Gasteiger partial charge < -0.3 is 15.2 Å². The topological polar surface area (TPSA) is 71.5 Å². The van der Waals surface area contributed by atoms with Crippen LogP contribution in [0.4, 0.5) is 0 Å². The zero-order valence-corrected chi connectivity index (χ0v) is 8.51. The summed E-state index contributed by atoms with van der Waals surface area (Å²) in [5.74, 6) is -0.313. The van der Waals surface area contributed by atoms with E-state index >= 15 is 0 Å². The maximum Gasteiger partial charge on any atom is 0.270 e. The number of hydrogen-bond acceptors (Lipinski definition) is 4.